The lowest BCUT2D eigenvalue weighted by Gasteiger charge is -2.32. The predicted octanol–water partition coefficient (Wildman–Crippen LogP) is 4.63. The molecule has 7 nitrogen and oxygen atoms in total. The first-order chi connectivity index (χ1) is 16.6. The Bertz CT molecular complexity index is 1330. The number of rotatable bonds is 6. The molecule has 2 heterocycles. The highest BCUT2D eigenvalue weighted by Crippen LogP contribution is 2.26. The van der Waals surface area contributed by atoms with Crippen LogP contribution in [0, 0.1) is 20.8 Å². The van der Waals surface area contributed by atoms with Crippen molar-refractivity contribution >= 4 is 15.9 Å². The fraction of sp³-hybridized carbons (Fsp3) is 0.407. The van der Waals surface area contributed by atoms with Gasteiger partial charge < -0.3 is 4.90 Å². The third kappa shape index (κ3) is 4.90. The molecular weight excluding hydrogens is 460 g/mol. The number of carbonyl (C=O) groups is 1. The molecular formula is C27H34N4O3S. The zero-order valence-corrected chi connectivity index (χ0v) is 22.0. The molecule has 1 fully saturated rings. The number of hydrogen-bond donors (Lipinski definition) is 0. The van der Waals surface area contributed by atoms with E-state index < -0.39 is 10.0 Å². The van der Waals surface area contributed by atoms with E-state index in [2.05, 4.69) is 13.0 Å². The van der Waals surface area contributed by atoms with Crippen molar-refractivity contribution in [1.82, 2.24) is 19.0 Å². The van der Waals surface area contributed by atoms with Crippen molar-refractivity contribution in [2.75, 3.05) is 13.6 Å². The van der Waals surface area contributed by atoms with E-state index in [0.29, 0.717) is 18.7 Å². The van der Waals surface area contributed by atoms with Crippen LogP contribution in [-0.4, -0.2) is 52.9 Å². The van der Waals surface area contributed by atoms with Gasteiger partial charge in [0.15, 0.2) is 0 Å². The molecule has 1 aliphatic rings. The molecule has 1 aliphatic heterocycles. The molecule has 0 saturated carbocycles. The summed E-state index contributed by atoms with van der Waals surface area (Å²) in [4.78, 5) is 15.0. The number of hydrogen-bond acceptors (Lipinski definition) is 4. The van der Waals surface area contributed by atoms with Crippen LogP contribution in [0.15, 0.2) is 53.4 Å². The van der Waals surface area contributed by atoms with Crippen molar-refractivity contribution < 1.29 is 13.2 Å². The summed E-state index contributed by atoms with van der Waals surface area (Å²) in [7, 11) is -1.81. The van der Waals surface area contributed by atoms with Gasteiger partial charge in [0.2, 0.25) is 10.0 Å². The van der Waals surface area contributed by atoms with E-state index in [-0.39, 0.29) is 16.8 Å². The predicted molar refractivity (Wildman–Crippen MR) is 137 cm³/mol. The van der Waals surface area contributed by atoms with E-state index in [1.54, 1.807) is 40.5 Å². The number of sulfonamides is 1. The summed E-state index contributed by atoms with van der Waals surface area (Å²) in [5.74, 6) is -0.164. The molecule has 0 aliphatic carbocycles. The second kappa shape index (κ2) is 9.95. The number of para-hydroxylation sites is 1. The monoisotopic (exact) mass is 494 g/mol. The van der Waals surface area contributed by atoms with Gasteiger partial charge in [0.25, 0.3) is 5.91 Å². The Morgan fingerprint density at radius 1 is 1.06 bits per heavy atom. The van der Waals surface area contributed by atoms with E-state index in [1.165, 1.54) is 0 Å². The van der Waals surface area contributed by atoms with Crippen LogP contribution < -0.4 is 0 Å². The lowest BCUT2D eigenvalue weighted by Crippen LogP contribution is -2.41. The number of nitrogens with zero attached hydrogens (tertiary/aromatic N) is 4. The van der Waals surface area contributed by atoms with Crippen LogP contribution in [0.2, 0.25) is 0 Å². The second-order valence-corrected chi connectivity index (χ2v) is 11.4. The van der Waals surface area contributed by atoms with Crippen molar-refractivity contribution in [3.63, 3.8) is 0 Å². The standard InChI is InChI=1S/C27H34N4O3S/c1-19-10-6-7-12-26(19)31-22(4)25(21(3)28-31)18-29(5)27(32)23-13-15-24(16-14-23)35(33,34)30-17-9-8-11-20(30)2/h6-7,10,12-16,20H,8-9,11,17-18H2,1-5H3. The first-order valence-electron chi connectivity index (χ1n) is 12.1. The van der Waals surface area contributed by atoms with Crippen molar-refractivity contribution in [3.8, 4) is 5.69 Å². The molecule has 1 saturated heterocycles. The van der Waals surface area contributed by atoms with Crippen molar-refractivity contribution in [1.29, 1.82) is 0 Å². The van der Waals surface area contributed by atoms with E-state index in [4.69, 9.17) is 5.10 Å². The highest BCUT2D eigenvalue weighted by Gasteiger charge is 2.31. The van der Waals surface area contributed by atoms with Crippen molar-refractivity contribution in [2.24, 2.45) is 0 Å². The molecule has 1 atom stereocenters. The second-order valence-electron chi connectivity index (χ2n) is 9.49. The van der Waals surface area contributed by atoms with Gasteiger partial charge in [0.1, 0.15) is 0 Å². The molecule has 1 unspecified atom stereocenters. The Hall–Kier alpha value is -2.97. The maximum absolute atomic E-state index is 13.2. The number of carbonyl (C=O) groups excluding carboxylic acids is 1. The summed E-state index contributed by atoms with van der Waals surface area (Å²) in [6.45, 7) is 8.93. The molecule has 0 N–H and O–H groups in total. The molecule has 0 radical (unpaired) electrons. The lowest BCUT2D eigenvalue weighted by molar-refractivity contribution is 0.0784. The number of aryl methyl sites for hydroxylation is 2. The Morgan fingerprint density at radius 2 is 1.74 bits per heavy atom. The van der Waals surface area contributed by atoms with Gasteiger partial charge in [-0.2, -0.15) is 9.40 Å². The highest BCUT2D eigenvalue weighted by atomic mass is 32.2. The van der Waals surface area contributed by atoms with E-state index in [0.717, 1.165) is 47.5 Å². The summed E-state index contributed by atoms with van der Waals surface area (Å²) in [6.07, 6.45) is 2.81. The topological polar surface area (TPSA) is 75.5 Å². The highest BCUT2D eigenvalue weighted by molar-refractivity contribution is 7.89. The number of aromatic nitrogens is 2. The summed E-state index contributed by atoms with van der Waals surface area (Å²) in [5, 5.41) is 4.72. The van der Waals surface area contributed by atoms with E-state index in [9.17, 15) is 13.2 Å². The lowest BCUT2D eigenvalue weighted by atomic mass is 10.1. The first-order valence-corrected chi connectivity index (χ1v) is 13.5. The fourth-order valence-electron chi connectivity index (χ4n) is 4.80. The Labute approximate surface area is 208 Å². The van der Waals surface area contributed by atoms with Gasteiger partial charge in [0, 0.05) is 43.0 Å². The third-order valence-electron chi connectivity index (χ3n) is 6.98. The normalized spacial score (nSPS) is 16.9. The molecule has 1 amide bonds. The molecule has 35 heavy (non-hydrogen) atoms. The summed E-state index contributed by atoms with van der Waals surface area (Å²) in [5.41, 5.74) is 5.48. The van der Waals surface area contributed by atoms with Crippen molar-refractivity contribution in [2.45, 2.75) is 64.4 Å². The number of piperidine rings is 1. The van der Waals surface area contributed by atoms with E-state index >= 15 is 0 Å². The number of benzene rings is 2. The van der Waals surface area contributed by atoms with Gasteiger partial charge in [0.05, 0.1) is 16.3 Å². The Kier molecular flexibility index (Phi) is 7.15. The smallest absolute Gasteiger partial charge is 0.253 e. The molecule has 0 spiro atoms. The van der Waals surface area contributed by atoms with Gasteiger partial charge >= 0.3 is 0 Å². The summed E-state index contributed by atoms with van der Waals surface area (Å²) in [6, 6.07) is 14.4. The Balaban J connectivity index is 1.51. The average Bonchev–Trinajstić information content (AvgIpc) is 3.12. The SMILES string of the molecule is Cc1ccccc1-n1nc(C)c(CN(C)C(=O)c2ccc(S(=O)(=O)N3CCCCC3C)cc2)c1C. The van der Waals surface area contributed by atoms with Crippen LogP contribution in [0.3, 0.4) is 0 Å². The molecule has 186 valence electrons. The van der Waals surface area contributed by atoms with Gasteiger partial charge in [-0.25, -0.2) is 13.1 Å². The minimum absolute atomic E-state index is 0.00624. The molecule has 0 bridgehead atoms. The zero-order chi connectivity index (χ0) is 25.3. The van der Waals surface area contributed by atoms with Crippen LogP contribution in [-0.2, 0) is 16.6 Å². The van der Waals surface area contributed by atoms with E-state index in [1.807, 2.05) is 43.7 Å². The summed E-state index contributed by atoms with van der Waals surface area (Å²) >= 11 is 0. The maximum Gasteiger partial charge on any atom is 0.253 e. The maximum atomic E-state index is 13.2. The minimum Gasteiger partial charge on any atom is -0.337 e. The average molecular weight is 495 g/mol. The van der Waals surface area contributed by atoms with Crippen molar-refractivity contribution in [3.05, 3.63) is 76.6 Å². The van der Waals surface area contributed by atoms with Crippen LogP contribution in [0.1, 0.15) is 59.1 Å². The van der Waals surface area contributed by atoms with Crippen LogP contribution in [0.25, 0.3) is 5.69 Å². The Morgan fingerprint density at radius 3 is 2.40 bits per heavy atom. The van der Waals surface area contributed by atoms with Crippen LogP contribution in [0.4, 0.5) is 0 Å². The third-order valence-corrected chi connectivity index (χ3v) is 9.00. The van der Waals surface area contributed by atoms with Gasteiger partial charge in [-0.1, -0.05) is 24.6 Å². The van der Waals surface area contributed by atoms with Gasteiger partial charge in [-0.15, -0.1) is 0 Å². The minimum atomic E-state index is -3.56. The molecule has 2 aromatic carbocycles. The molecule has 1 aromatic heterocycles. The van der Waals surface area contributed by atoms with Gasteiger partial charge in [-0.05, 0) is 76.4 Å². The molecule has 8 heteroatoms. The fourth-order valence-corrected chi connectivity index (χ4v) is 6.50. The number of amides is 1. The molecule has 4 rings (SSSR count). The largest absolute Gasteiger partial charge is 0.337 e. The molecule has 3 aromatic rings. The van der Waals surface area contributed by atoms with Gasteiger partial charge in [-0.3, -0.25) is 4.79 Å². The zero-order valence-electron chi connectivity index (χ0n) is 21.2. The van der Waals surface area contributed by atoms with Crippen LogP contribution >= 0.6 is 0 Å². The first kappa shape index (κ1) is 25.1. The van der Waals surface area contributed by atoms with Crippen LogP contribution in [0.5, 0.6) is 0 Å². The summed E-state index contributed by atoms with van der Waals surface area (Å²) < 4.78 is 29.7. The quantitative estimate of drug-likeness (QED) is 0.501.